The van der Waals surface area contributed by atoms with Crippen LogP contribution in [0.5, 0.6) is 17.2 Å². The summed E-state index contributed by atoms with van der Waals surface area (Å²) in [4.78, 5) is 0. The SMILES string of the molecule is Oc1cc2c(I)cccc2c(O)c1O. The van der Waals surface area contributed by atoms with E-state index in [1.165, 1.54) is 6.07 Å². The van der Waals surface area contributed by atoms with Crippen LogP contribution in [-0.4, -0.2) is 15.3 Å². The monoisotopic (exact) mass is 302 g/mol. The van der Waals surface area contributed by atoms with Gasteiger partial charge in [0, 0.05) is 14.3 Å². The van der Waals surface area contributed by atoms with Gasteiger partial charge in [0.25, 0.3) is 0 Å². The van der Waals surface area contributed by atoms with Gasteiger partial charge in [0.1, 0.15) is 0 Å². The largest absolute Gasteiger partial charge is 0.504 e. The van der Waals surface area contributed by atoms with Crippen LogP contribution in [0.15, 0.2) is 24.3 Å². The van der Waals surface area contributed by atoms with Gasteiger partial charge in [0.15, 0.2) is 11.5 Å². The zero-order chi connectivity index (χ0) is 10.3. The Morgan fingerprint density at radius 2 is 1.64 bits per heavy atom. The maximum absolute atomic E-state index is 9.55. The van der Waals surface area contributed by atoms with Crippen LogP contribution in [0, 0.1) is 3.57 Å². The summed E-state index contributed by atoms with van der Waals surface area (Å²) in [6.45, 7) is 0. The average molecular weight is 302 g/mol. The van der Waals surface area contributed by atoms with Crippen molar-refractivity contribution in [3.63, 3.8) is 0 Å². The van der Waals surface area contributed by atoms with Gasteiger partial charge in [0.05, 0.1) is 0 Å². The average Bonchev–Trinajstić information content (AvgIpc) is 2.17. The topological polar surface area (TPSA) is 60.7 Å². The van der Waals surface area contributed by atoms with Crippen LogP contribution < -0.4 is 0 Å². The lowest BCUT2D eigenvalue weighted by Gasteiger charge is -2.06. The predicted molar refractivity (Wildman–Crippen MR) is 61.7 cm³/mol. The van der Waals surface area contributed by atoms with Crippen LogP contribution in [0.25, 0.3) is 10.8 Å². The van der Waals surface area contributed by atoms with Gasteiger partial charge in [0.2, 0.25) is 5.75 Å². The number of rotatable bonds is 0. The van der Waals surface area contributed by atoms with Crippen molar-refractivity contribution in [3.8, 4) is 17.2 Å². The molecule has 2 aromatic carbocycles. The predicted octanol–water partition coefficient (Wildman–Crippen LogP) is 2.56. The lowest BCUT2D eigenvalue weighted by Crippen LogP contribution is -1.80. The van der Waals surface area contributed by atoms with Gasteiger partial charge in [-0.2, -0.15) is 0 Å². The number of phenols is 3. The quantitative estimate of drug-likeness (QED) is 0.518. The molecule has 4 heteroatoms. The van der Waals surface area contributed by atoms with Crippen LogP contribution in [-0.2, 0) is 0 Å². The molecule has 2 rings (SSSR count). The molecular weight excluding hydrogens is 295 g/mol. The third-order valence-electron chi connectivity index (χ3n) is 2.06. The summed E-state index contributed by atoms with van der Waals surface area (Å²) >= 11 is 2.10. The zero-order valence-corrected chi connectivity index (χ0v) is 9.19. The summed E-state index contributed by atoms with van der Waals surface area (Å²) in [5.41, 5.74) is 0. The van der Waals surface area contributed by atoms with Crippen LogP contribution in [0.2, 0.25) is 0 Å². The second-order valence-electron chi connectivity index (χ2n) is 2.93. The third-order valence-corrected chi connectivity index (χ3v) is 3.00. The van der Waals surface area contributed by atoms with E-state index in [2.05, 4.69) is 22.6 Å². The molecule has 3 N–H and O–H groups in total. The molecule has 0 saturated heterocycles. The highest BCUT2D eigenvalue weighted by Crippen LogP contribution is 2.41. The summed E-state index contributed by atoms with van der Waals surface area (Å²) in [6.07, 6.45) is 0. The number of hydrogen-bond donors (Lipinski definition) is 3. The number of benzene rings is 2. The lowest BCUT2D eigenvalue weighted by atomic mass is 10.1. The van der Waals surface area contributed by atoms with Crippen molar-refractivity contribution in [1.29, 1.82) is 0 Å². The molecule has 0 bridgehead atoms. The van der Waals surface area contributed by atoms with Crippen molar-refractivity contribution in [1.82, 2.24) is 0 Å². The first kappa shape index (κ1) is 9.39. The molecule has 0 radical (unpaired) electrons. The van der Waals surface area contributed by atoms with E-state index in [4.69, 9.17) is 0 Å². The Morgan fingerprint density at radius 3 is 2.36 bits per heavy atom. The molecule has 0 aliphatic carbocycles. The molecule has 0 aliphatic heterocycles. The summed E-state index contributed by atoms with van der Waals surface area (Å²) in [5, 5.41) is 29.4. The minimum absolute atomic E-state index is 0.279. The molecule has 0 amide bonds. The van der Waals surface area contributed by atoms with Crippen LogP contribution in [0.1, 0.15) is 0 Å². The van der Waals surface area contributed by atoms with Gasteiger partial charge >= 0.3 is 0 Å². The maximum Gasteiger partial charge on any atom is 0.200 e. The molecule has 2 aromatic rings. The second kappa shape index (κ2) is 3.20. The molecule has 0 spiro atoms. The van der Waals surface area contributed by atoms with E-state index in [0.29, 0.717) is 5.39 Å². The summed E-state index contributed by atoms with van der Waals surface area (Å²) in [6, 6.07) is 6.76. The zero-order valence-electron chi connectivity index (χ0n) is 7.03. The van der Waals surface area contributed by atoms with Gasteiger partial charge < -0.3 is 15.3 Å². The molecular formula is C10H7IO3. The summed E-state index contributed by atoms with van der Waals surface area (Å²) in [7, 11) is 0. The Hall–Kier alpha value is -1.17. The Morgan fingerprint density at radius 1 is 0.929 bits per heavy atom. The fourth-order valence-electron chi connectivity index (χ4n) is 1.34. The lowest BCUT2D eigenvalue weighted by molar-refractivity contribution is 0.371. The van der Waals surface area contributed by atoms with Crippen LogP contribution in [0.3, 0.4) is 0 Å². The highest BCUT2D eigenvalue weighted by Gasteiger charge is 2.11. The van der Waals surface area contributed by atoms with Crippen molar-refractivity contribution < 1.29 is 15.3 Å². The molecule has 72 valence electrons. The number of phenolic OH excluding ortho intramolecular Hbond substituents is 3. The fraction of sp³-hybridized carbons (Fsp3) is 0. The normalized spacial score (nSPS) is 10.6. The number of fused-ring (bicyclic) bond motifs is 1. The molecule has 0 atom stereocenters. The summed E-state index contributed by atoms with van der Waals surface area (Å²) in [5.74, 6) is -1.06. The van der Waals surface area contributed by atoms with E-state index < -0.39 is 5.75 Å². The van der Waals surface area contributed by atoms with Crippen LogP contribution in [0.4, 0.5) is 0 Å². The third kappa shape index (κ3) is 1.26. The smallest absolute Gasteiger partial charge is 0.200 e. The van der Waals surface area contributed by atoms with Gasteiger partial charge in [-0.15, -0.1) is 0 Å². The molecule has 0 fully saturated rings. The maximum atomic E-state index is 9.55. The van der Waals surface area contributed by atoms with E-state index in [-0.39, 0.29) is 11.5 Å². The fourth-order valence-corrected chi connectivity index (χ4v) is 2.00. The minimum Gasteiger partial charge on any atom is -0.504 e. The first-order chi connectivity index (χ1) is 6.61. The van der Waals surface area contributed by atoms with Gasteiger partial charge in [-0.1, -0.05) is 12.1 Å². The summed E-state index contributed by atoms with van der Waals surface area (Å²) < 4.78 is 0.908. The number of halogens is 1. The van der Waals surface area contributed by atoms with E-state index in [1.807, 2.05) is 6.07 Å². The van der Waals surface area contributed by atoms with E-state index in [0.717, 1.165) is 8.96 Å². The first-order valence-electron chi connectivity index (χ1n) is 3.93. The van der Waals surface area contributed by atoms with Crippen molar-refractivity contribution in [3.05, 3.63) is 27.8 Å². The highest BCUT2D eigenvalue weighted by atomic mass is 127. The highest BCUT2D eigenvalue weighted by molar-refractivity contribution is 14.1. The van der Waals surface area contributed by atoms with Crippen molar-refractivity contribution >= 4 is 33.4 Å². The van der Waals surface area contributed by atoms with E-state index >= 15 is 0 Å². The van der Waals surface area contributed by atoms with Gasteiger partial charge in [-0.3, -0.25) is 0 Å². The first-order valence-corrected chi connectivity index (χ1v) is 5.01. The minimum atomic E-state index is -0.473. The van der Waals surface area contributed by atoms with Crippen molar-refractivity contribution in [2.24, 2.45) is 0 Å². The molecule has 0 aromatic heterocycles. The Bertz CT molecular complexity index is 508. The van der Waals surface area contributed by atoms with E-state index in [1.54, 1.807) is 12.1 Å². The number of aromatic hydroxyl groups is 3. The molecule has 3 nitrogen and oxygen atoms in total. The standard InChI is InChI=1S/C10H7IO3/c11-7-3-1-2-5-6(7)4-8(12)10(14)9(5)13/h1-4,12-14H. The Kier molecular flexibility index (Phi) is 2.14. The van der Waals surface area contributed by atoms with Crippen LogP contribution >= 0.6 is 22.6 Å². The molecule has 14 heavy (non-hydrogen) atoms. The molecule has 0 unspecified atom stereocenters. The molecule has 0 aliphatic rings. The molecule has 0 heterocycles. The Labute approximate surface area is 93.8 Å². The second-order valence-corrected chi connectivity index (χ2v) is 4.09. The number of hydrogen-bond acceptors (Lipinski definition) is 3. The van der Waals surface area contributed by atoms with E-state index in [9.17, 15) is 15.3 Å². The van der Waals surface area contributed by atoms with Gasteiger partial charge in [-0.25, -0.2) is 0 Å². The molecule has 0 saturated carbocycles. The van der Waals surface area contributed by atoms with Crippen molar-refractivity contribution in [2.75, 3.05) is 0 Å². The van der Waals surface area contributed by atoms with Gasteiger partial charge in [-0.05, 0) is 34.7 Å². The van der Waals surface area contributed by atoms with Crippen molar-refractivity contribution in [2.45, 2.75) is 0 Å². The Balaban J connectivity index is 2.98.